The fourth-order valence-corrected chi connectivity index (χ4v) is 1.55. The molecule has 0 amide bonds. The van der Waals surface area contributed by atoms with Crippen LogP contribution in [0.4, 0.5) is 0 Å². The molecule has 0 saturated heterocycles. The molecule has 1 aromatic carbocycles. The minimum absolute atomic E-state index is 0.00309. The van der Waals surface area contributed by atoms with E-state index in [-0.39, 0.29) is 17.1 Å². The van der Waals surface area contributed by atoms with E-state index in [0.29, 0.717) is 0 Å². The van der Waals surface area contributed by atoms with Gasteiger partial charge in [-0.15, -0.1) is 0 Å². The van der Waals surface area contributed by atoms with E-state index in [0.717, 1.165) is 6.08 Å². The highest BCUT2D eigenvalue weighted by Crippen LogP contribution is 2.24. The van der Waals surface area contributed by atoms with Gasteiger partial charge in [0.15, 0.2) is 0 Å². The van der Waals surface area contributed by atoms with Crippen molar-refractivity contribution in [1.82, 2.24) is 4.72 Å². The highest BCUT2D eigenvalue weighted by atomic mass is 32.2. The van der Waals surface area contributed by atoms with Crippen molar-refractivity contribution >= 4 is 22.3 Å². The first-order chi connectivity index (χ1) is 8.88. The summed E-state index contributed by atoms with van der Waals surface area (Å²) in [5, 5.41) is 9.55. The molecule has 104 valence electrons. The zero-order chi connectivity index (χ0) is 14.5. The number of esters is 1. The Kier molecular flexibility index (Phi) is 4.90. The molecule has 19 heavy (non-hydrogen) atoms. The Morgan fingerprint density at radius 1 is 1.42 bits per heavy atom. The Balaban J connectivity index is 3.01. The van der Waals surface area contributed by atoms with Crippen LogP contribution in [-0.2, 0) is 19.8 Å². The number of phenols is 1. The minimum atomic E-state index is -3.89. The van der Waals surface area contributed by atoms with E-state index < -0.39 is 16.3 Å². The van der Waals surface area contributed by atoms with Crippen LogP contribution in [0.2, 0.25) is 0 Å². The standard InChI is InChI=1S/C11H13NO6S/c1-12-19(15,16)18-9-4-5-10(13)8(7-9)3-6-11(14)17-2/h3-7,12-13H,1-2H3/b6-3+. The molecule has 8 heteroatoms. The molecular formula is C11H13NO6S. The van der Waals surface area contributed by atoms with E-state index in [1.165, 1.54) is 38.4 Å². The molecule has 0 fully saturated rings. The van der Waals surface area contributed by atoms with Crippen LogP contribution in [-0.4, -0.2) is 33.7 Å². The molecule has 0 unspecified atom stereocenters. The molecule has 0 spiro atoms. The Morgan fingerprint density at radius 2 is 2.11 bits per heavy atom. The molecule has 2 N–H and O–H groups in total. The van der Waals surface area contributed by atoms with Crippen molar-refractivity contribution < 1.29 is 27.2 Å². The number of hydrogen-bond acceptors (Lipinski definition) is 6. The summed E-state index contributed by atoms with van der Waals surface area (Å²) < 4.78 is 33.4. The molecule has 0 aliphatic carbocycles. The van der Waals surface area contributed by atoms with Gasteiger partial charge < -0.3 is 14.0 Å². The number of aromatic hydroxyl groups is 1. The van der Waals surface area contributed by atoms with Gasteiger partial charge in [0, 0.05) is 18.7 Å². The average molecular weight is 287 g/mol. The second kappa shape index (κ2) is 6.21. The molecule has 0 saturated carbocycles. The van der Waals surface area contributed by atoms with Crippen molar-refractivity contribution in [3.63, 3.8) is 0 Å². The molecule has 0 heterocycles. The summed E-state index contributed by atoms with van der Waals surface area (Å²) in [6.45, 7) is 0. The molecule has 0 aliphatic rings. The van der Waals surface area contributed by atoms with E-state index >= 15 is 0 Å². The van der Waals surface area contributed by atoms with Crippen LogP contribution in [0.3, 0.4) is 0 Å². The molecular weight excluding hydrogens is 274 g/mol. The lowest BCUT2D eigenvalue weighted by molar-refractivity contribution is -0.134. The topological polar surface area (TPSA) is 102 Å². The molecule has 0 atom stereocenters. The SMILES string of the molecule is CNS(=O)(=O)Oc1ccc(O)c(/C=C/C(=O)OC)c1. The van der Waals surface area contributed by atoms with E-state index in [4.69, 9.17) is 0 Å². The van der Waals surface area contributed by atoms with Gasteiger partial charge in [0.1, 0.15) is 11.5 Å². The number of phenolic OH excluding ortho intramolecular Hbond substituents is 1. The maximum atomic E-state index is 11.2. The minimum Gasteiger partial charge on any atom is -0.507 e. The zero-order valence-electron chi connectivity index (χ0n) is 10.3. The van der Waals surface area contributed by atoms with Gasteiger partial charge in [-0.1, -0.05) is 0 Å². The number of carbonyl (C=O) groups excluding carboxylic acids is 1. The largest absolute Gasteiger partial charge is 0.507 e. The van der Waals surface area contributed by atoms with Crippen molar-refractivity contribution in [2.45, 2.75) is 0 Å². The van der Waals surface area contributed by atoms with Gasteiger partial charge in [0.25, 0.3) is 0 Å². The smallest absolute Gasteiger partial charge is 0.382 e. The van der Waals surface area contributed by atoms with Gasteiger partial charge >= 0.3 is 16.3 Å². The van der Waals surface area contributed by atoms with Crippen LogP contribution < -0.4 is 8.91 Å². The molecule has 0 aromatic heterocycles. The lowest BCUT2D eigenvalue weighted by Gasteiger charge is -2.06. The summed E-state index contributed by atoms with van der Waals surface area (Å²) >= 11 is 0. The predicted molar refractivity (Wildman–Crippen MR) is 67.8 cm³/mol. The van der Waals surface area contributed by atoms with Gasteiger partial charge in [0.05, 0.1) is 7.11 Å². The van der Waals surface area contributed by atoms with Gasteiger partial charge in [0.2, 0.25) is 0 Å². The van der Waals surface area contributed by atoms with E-state index in [1.807, 2.05) is 4.72 Å². The van der Waals surface area contributed by atoms with E-state index in [2.05, 4.69) is 8.92 Å². The van der Waals surface area contributed by atoms with Gasteiger partial charge in [-0.05, 0) is 24.3 Å². The number of nitrogens with one attached hydrogen (secondary N) is 1. The number of benzene rings is 1. The van der Waals surface area contributed by atoms with Crippen molar-refractivity contribution in [1.29, 1.82) is 0 Å². The highest BCUT2D eigenvalue weighted by molar-refractivity contribution is 7.85. The van der Waals surface area contributed by atoms with Crippen LogP contribution >= 0.6 is 0 Å². The monoisotopic (exact) mass is 287 g/mol. The Hall–Kier alpha value is -2.06. The molecule has 1 aromatic rings. The molecule has 0 radical (unpaired) electrons. The predicted octanol–water partition coefficient (Wildman–Crippen LogP) is 0.421. The number of carbonyl (C=O) groups is 1. The number of rotatable bonds is 5. The molecule has 7 nitrogen and oxygen atoms in total. The number of methoxy groups -OCH3 is 1. The Bertz CT molecular complexity index is 593. The van der Waals surface area contributed by atoms with Gasteiger partial charge in [-0.25, -0.2) is 4.79 Å². The van der Waals surface area contributed by atoms with Gasteiger partial charge in [-0.3, -0.25) is 0 Å². The van der Waals surface area contributed by atoms with Crippen molar-refractivity contribution in [2.24, 2.45) is 0 Å². The lowest BCUT2D eigenvalue weighted by Crippen LogP contribution is -2.24. The van der Waals surface area contributed by atoms with Crippen LogP contribution in [0, 0.1) is 0 Å². The zero-order valence-corrected chi connectivity index (χ0v) is 11.1. The fraction of sp³-hybridized carbons (Fsp3) is 0.182. The quantitative estimate of drug-likeness (QED) is 0.601. The molecule has 0 bridgehead atoms. The van der Waals surface area contributed by atoms with Crippen LogP contribution in [0.15, 0.2) is 24.3 Å². The van der Waals surface area contributed by atoms with E-state index in [1.54, 1.807) is 0 Å². The second-order valence-electron chi connectivity index (χ2n) is 3.32. The third kappa shape index (κ3) is 4.60. The van der Waals surface area contributed by atoms with Crippen LogP contribution in [0.5, 0.6) is 11.5 Å². The first-order valence-corrected chi connectivity index (χ1v) is 6.51. The van der Waals surface area contributed by atoms with Crippen molar-refractivity contribution in [3.05, 3.63) is 29.8 Å². The average Bonchev–Trinajstić information content (AvgIpc) is 2.38. The third-order valence-corrected chi connectivity index (χ3v) is 2.97. The number of hydrogen-bond donors (Lipinski definition) is 2. The second-order valence-corrected chi connectivity index (χ2v) is 4.80. The van der Waals surface area contributed by atoms with Crippen molar-refractivity contribution in [2.75, 3.05) is 14.2 Å². The summed E-state index contributed by atoms with van der Waals surface area (Å²) in [4.78, 5) is 10.9. The maximum Gasteiger partial charge on any atom is 0.382 e. The summed E-state index contributed by atoms with van der Waals surface area (Å²) in [7, 11) is -1.47. The van der Waals surface area contributed by atoms with Crippen LogP contribution in [0.25, 0.3) is 6.08 Å². The van der Waals surface area contributed by atoms with E-state index in [9.17, 15) is 18.3 Å². The Labute approximate surface area is 110 Å². The lowest BCUT2D eigenvalue weighted by atomic mass is 10.2. The molecule has 0 aliphatic heterocycles. The number of ether oxygens (including phenoxy) is 1. The van der Waals surface area contributed by atoms with Crippen molar-refractivity contribution in [3.8, 4) is 11.5 Å². The van der Waals surface area contributed by atoms with Gasteiger partial charge in [-0.2, -0.15) is 13.1 Å². The first-order valence-electron chi connectivity index (χ1n) is 5.10. The summed E-state index contributed by atoms with van der Waals surface area (Å²) in [6.07, 6.45) is 2.37. The first kappa shape index (κ1) is 15.0. The summed E-state index contributed by atoms with van der Waals surface area (Å²) in [5.74, 6) is -0.736. The maximum absolute atomic E-state index is 11.2. The molecule has 1 rings (SSSR count). The highest BCUT2D eigenvalue weighted by Gasteiger charge is 2.10. The fourth-order valence-electron chi connectivity index (χ4n) is 1.11. The normalized spacial score (nSPS) is 11.5. The summed E-state index contributed by atoms with van der Waals surface area (Å²) in [6, 6.07) is 3.79. The third-order valence-electron chi connectivity index (χ3n) is 2.06. The Morgan fingerprint density at radius 3 is 2.68 bits per heavy atom. The van der Waals surface area contributed by atoms with Crippen LogP contribution in [0.1, 0.15) is 5.56 Å². The summed E-state index contributed by atoms with van der Waals surface area (Å²) in [5.41, 5.74) is 0.217.